The number of halogens is 1. The highest BCUT2D eigenvalue weighted by Crippen LogP contribution is 2.20. The van der Waals surface area contributed by atoms with Crippen molar-refractivity contribution in [2.45, 2.75) is 45.2 Å². The van der Waals surface area contributed by atoms with Crippen molar-refractivity contribution in [3.63, 3.8) is 0 Å². The molecular weight excluding hydrogens is 282 g/mol. The third kappa shape index (κ3) is 5.52. The van der Waals surface area contributed by atoms with E-state index < -0.39 is 0 Å². The first-order valence-corrected chi connectivity index (χ1v) is 8.12. The van der Waals surface area contributed by atoms with Gasteiger partial charge in [-0.05, 0) is 43.5 Å². The SMILES string of the molecule is CCCC(NCCCCn1ccnc1)c1ccc(Cl)cc1. The van der Waals surface area contributed by atoms with Crippen LogP contribution >= 0.6 is 11.6 Å². The summed E-state index contributed by atoms with van der Waals surface area (Å²) in [7, 11) is 0. The van der Waals surface area contributed by atoms with Gasteiger partial charge in [0, 0.05) is 30.0 Å². The first-order valence-electron chi connectivity index (χ1n) is 7.74. The highest BCUT2D eigenvalue weighted by atomic mass is 35.5. The predicted octanol–water partition coefficient (Wildman–Crippen LogP) is 4.45. The Kier molecular flexibility index (Phi) is 6.77. The molecule has 3 nitrogen and oxygen atoms in total. The summed E-state index contributed by atoms with van der Waals surface area (Å²) in [6.45, 7) is 4.31. The molecule has 0 aliphatic carbocycles. The number of benzene rings is 1. The molecule has 1 aromatic carbocycles. The molecule has 21 heavy (non-hydrogen) atoms. The zero-order chi connectivity index (χ0) is 14.9. The molecule has 1 aromatic heterocycles. The molecular formula is C17H24ClN3. The smallest absolute Gasteiger partial charge is 0.0945 e. The van der Waals surface area contributed by atoms with E-state index in [2.05, 4.69) is 33.9 Å². The lowest BCUT2D eigenvalue weighted by molar-refractivity contribution is 0.473. The monoisotopic (exact) mass is 305 g/mol. The van der Waals surface area contributed by atoms with Crippen LogP contribution in [0, 0.1) is 0 Å². The second-order valence-electron chi connectivity index (χ2n) is 5.35. The predicted molar refractivity (Wildman–Crippen MR) is 88.6 cm³/mol. The van der Waals surface area contributed by atoms with E-state index in [0.29, 0.717) is 6.04 Å². The summed E-state index contributed by atoms with van der Waals surface area (Å²) >= 11 is 5.96. The Hall–Kier alpha value is -1.32. The molecule has 1 unspecified atom stereocenters. The van der Waals surface area contributed by atoms with Crippen LogP contribution in [0.2, 0.25) is 5.02 Å². The molecule has 0 amide bonds. The van der Waals surface area contributed by atoms with Gasteiger partial charge in [-0.1, -0.05) is 37.1 Å². The number of hydrogen-bond acceptors (Lipinski definition) is 2. The Morgan fingerprint density at radius 1 is 1.24 bits per heavy atom. The average Bonchev–Trinajstić information content (AvgIpc) is 3.00. The van der Waals surface area contributed by atoms with E-state index in [0.717, 1.165) is 24.5 Å². The fourth-order valence-corrected chi connectivity index (χ4v) is 2.61. The summed E-state index contributed by atoms with van der Waals surface area (Å²) < 4.78 is 2.13. The quantitative estimate of drug-likeness (QED) is 0.694. The Labute approximate surface area is 132 Å². The maximum absolute atomic E-state index is 5.96. The number of nitrogens with one attached hydrogen (secondary N) is 1. The second kappa shape index (κ2) is 8.85. The van der Waals surface area contributed by atoms with Crippen LogP contribution in [0.5, 0.6) is 0 Å². The van der Waals surface area contributed by atoms with E-state index in [9.17, 15) is 0 Å². The minimum Gasteiger partial charge on any atom is -0.337 e. The van der Waals surface area contributed by atoms with Gasteiger partial charge in [0.2, 0.25) is 0 Å². The van der Waals surface area contributed by atoms with Crippen molar-refractivity contribution in [3.8, 4) is 0 Å². The fraction of sp³-hybridized carbons (Fsp3) is 0.471. The van der Waals surface area contributed by atoms with Gasteiger partial charge in [0.25, 0.3) is 0 Å². The minimum absolute atomic E-state index is 0.431. The van der Waals surface area contributed by atoms with Crippen molar-refractivity contribution in [1.29, 1.82) is 0 Å². The van der Waals surface area contributed by atoms with Gasteiger partial charge in [0.05, 0.1) is 6.33 Å². The van der Waals surface area contributed by atoms with E-state index in [4.69, 9.17) is 11.6 Å². The van der Waals surface area contributed by atoms with E-state index in [1.54, 1.807) is 0 Å². The topological polar surface area (TPSA) is 29.9 Å². The molecule has 0 radical (unpaired) electrons. The van der Waals surface area contributed by atoms with Crippen LogP contribution in [0.1, 0.15) is 44.2 Å². The molecule has 1 N–H and O–H groups in total. The third-order valence-electron chi connectivity index (χ3n) is 3.64. The summed E-state index contributed by atoms with van der Waals surface area (Å²) in [4.78, 5) is 4.06. The molecule has 0 fully saturated rings. The maximum Gasteiger partial charge on any atom is 0.0945 e. The minimum atomic E-state index is 0.431. The number of aryl methyl sites for hydroxylation is 1. The van der Waals surface area contributed by atoms with Crippen molar-refractivity contribution in [2.75, 3.05) is 6.54 Å². The molecule has 0 saturated heterocycles. The fourth-order valence-electron chi connectivity index (χ4n) is 2.49. The van der Waals surface area contributed by atoms with Gasteiger partial charge >= 0.3 is 0 Å². The first-order chi connectivity index (χ1) is 10.3. The van der Waals surface area contributed by atoms with Gasteiger partial charge in [-0.15, -0.1) is 0 Å². The van der Waals surface area contributed by atoms with Crippen LogP contribution in [-0.2, 0) is 6.54 Å². The molecule has 1 atom stereocenters. The first kappa shape index (κ1) is 16.1. The molecule has 0 saturated carbocycles. The average molecular weight is 306 g/mol. The van der Waals surface area contributed by atoms with Gasteiger partial charge in [-0.2, -0.15) is 0 Å². The highest BCUT2D eigenvalue weighted by Gasteiger charge is 2.09. The van der Waals surface area contributed by atoms with Crippen LogP contribution in [0.3, 0.4) is 0 Å². The Morgan fingerprint density at radius 3 is 2.71 bits per heavy atom. The van der Waals surface area contributed by atoms with E-state index in [1.807, 2.05) is 30.9 Å². The highest BCUT2D eigenvalue weighted by molar-refractivity contribution is 6.30. The van der Waals surface area contributed by atoms with Crippen LogP contribution in [0.4, 0.5) is 0 Å². The van der Waals surface area contributed by atoms with E-state index >= 15 is 0 Å². The summed E-state index contributed by atoms with van der Waals surface area (Å²) in [6, 6.07) is 8.63. The molecule has 0 spiro atoms. The molecule has 1 heterocycles. The molecule has 114 valence electrons. The largest absolute Gasteiger partial charge is 0.337 e. The normalized spacial score (nSPS) is 12.5. The van der Waals surface area contributed by atoms with Crippen molar-refractivity contribution in [1.82, 2.24) is 14.9 Å². The molecule has 0 aliphatic rings. The van der Waals surface area contributed by atoms with Crippen LogP contribution < -0.4 is 5.32 Å². The summed E-state index contributed by atoms with van der Waals surface area (Å²) in [5.74, 6) is 0. The molecule has 0 bridgehead atoms. The number of rotatable bonds is 9. The molecule has 0 aliphatic heterocycles. The lowest BCUT2D eigenvalue weighted by Crippen LogP contribution is -2.22. The van der Waals surface area contributed by atoms with Gasteiger partial charge in [0.15, 0.2) is 0 Å². The number of nitrogens with zero attached hydrogens (tertiary/aromatic N) is 2. The number of aromatic nitrogens is 2. The lowest BCUT2D eigenvalue weighted by Gasteiger charge is -2.18. The van der Waals surface area contributed by atoms with Gasteiger partial charge in [-0.3, -0.25) is 0 Å². The van der Waals surface area contributed by atoms with E-state index in [-0.39, 0.29) is 0 Å². The van der Waals surface area contributed by atoms with E-state index in [1.165, 1.54) is 24.8 Å². The maximum atomic E-state index is 5.96. The van der Waals surface area contributed by atoms with Crippen LogP contribution in [0.25, 0.3) is 0 Å². The number of unbranched alkanes of at least 4 members (excludes halogenated alkanes) is 1. The van der Waals surface area contributed by atoms with Crippen molar-refractivity contribution in [2.24, 2.45) is 0 Å². The summed E-state index contributed by atoms with van der Waals surface area (Å²) in [5.41, 5.74) is 1.33. The summed E-state index contributed by atoms with van der Waals surface area (Å²) in [6.07, 6.45) is 10.4. The lowest BCUT2D eigenvalue weighted by atomic mass is 10.0. The van der Waals surface area contributed by atoms with Gasteiger partial charge < -0.3 is 9.88 Å². The van der Waals surface area contributed by atoms with Gasteiger partial charge in [0.1, 0.15) is 0 Å². The Balaban J connectivity index is 1.73. The van der Waals surface area contributed by atoms with Gasteiger partial charge in [-0.25, -0.2) is 4.98 Å². The van der Waals surface area contributed by atoms with Crippen molar-refractivity contribution >= 4 is 11.6 Å². The molecule has 4 heteroatoms. The Bertz CT molecular complexity index is 493. The van der Waals surface area contributed by atoms with Crippen molar-refractivity contribution < 1.29 is 0 Å². The summed E-state index contributed by atoms with van der Waals surface area (Å²) in [5, 5.41) is 4.47. The standard InChI is InChI=1S/C17H24ClN3/c1-2-5-17(15-6-8-16(18)9-7-15)20-10-3-4-12-21-13-11-19-14-21/h6-9,11,13-14,17,20H,2-5,10,12H2,1H3. The number of imidazole rings is 1. The third-order valence-corrected chi connectivity index (χ3v) is 3.89. The Morgan fingerprint density at radius 2 is 2.05 bits per heavy atom. The molecule has 2 aromatic rings. The van der Waals surface area contributed by atoms with Crippen molar-refractivity contribution in [3.05, 3.63) is 53.6 Å². The van der Waals surface area contributed by atoms with Crippen LogP contribution in [-0.4, -0.2) is 16.1 Å². The van der Waals surface area contributed by atoms with Crippen LogP contribution in [0.15, 0.2) is 43.0 Å². The number of hydrogen-bond donors (Lipinski definition) is 1. The zero-order valence-electron chi connectivity index (χ0n) is 12.6. The molecule has 2 rings (SSSR count). The second-order valence-corrected chi connectivity index (χ2v) is 5.79. The zero-order valence-corrected chi connectivity index (χ0v) is 13.4.